The Kier molecular flexibility index (Phi) is 3.21. The van der Waals surface area contributed by atoms with Gasteiger partial charge in [-0.2, -0.15) is 0 Å². The number of hydrogen-bond donors (Lipinski definition) is 0. The van der Waals surface area contributed by atoms with Gasteiger partial charge in [0, 0.05) is 16.2 Å². The highest BCUT2D eigenvalue weighted by Gasteiger charge is 2.16. The van der Waals surface area contributed by atoms with Gasteiger partial charge < -0.3 is 0 Å². The molecule has 0 heterocycles. The zero-order valence-corrected chi connectivity index (χ0v) is 10.2. The number of rotatable bonds is 2. The second-order valence-corrected chi connectivity index (χ2v) is 5.96. The number of Topliss-reactive ketones (excluding diaryl/α,β-unsaturated/α-hetero) is 1. The van der Waals surface area contributed by atoms with Crippen LogP contribution in [-0.2, 0) is 9.05 Å². The second-order valence-electron chi connectivity index (χ2n) is 3.43. The largest absolute Gasteiger partial charge is 0.295 e. The van der Waals surface area contributed by atoms with Crippen LogP contribution in [0.4, 0.5) is 0 Å². The Balaban J connectivity index is 3.58. The first kappa shape index (κ1) is 12.2. The van der Waals surface area contributed by atoms with Crippen molar-refractivity contribution >= 4 is 25.5 Å². The summed E-state index contributed by atoms with van der Waals surface area (Å²) in [5.74, 6) is -0.172. The summed E-state index contributed by atoms with van der Waals surface area (Å²) in [6.07, 6.45) is 0. The molecule has 0 aliphatic rings. The van der Waals surface area contributed by atoms with Crippen molar-refractivity contribution in [3.05, 3.63) is 28.8 Å². The van der Waals surface area contributed by atoms with Crippen LogP contribution in [0.5, 0.6) is 0 Å². The Labute approximate surface area is 93.5 Å². The summed E-state index contributed by atoms with van der Waals surface area (Å²) in [7, 11) is 1.47. The summed E-state index contributed by atoms with van der Waals surface area (Å²) in [5.41, 5.74) is 1.69. The lowest BCUT2D eigenvalue weighted by Gasteiger charge is -2.07. The molecule has 0 N–H and O–H groups in total. The van der Waals surface area contributed by atoms with E-state index in [-0.39, 0.29) is 10.7 Å². The van der Waals surface area contributed by atoms with Crippen LogP contribution in [0.1, 0.15) is 28.4 Å². The molecule has 15 heavy (non-hydrogen) atoms. The molecule has 3 nitrogen and oxygen atoms in total. The van der Waals surface area contributed by atoms with Gasteiger partial charge in [-0.05, 0) is 38.0 Å². The van der Waals surface area contributed by atoms with E-state index in [0.717, 1.165) is 5.56 Å². The SMILES string of the molecule is CC(=O)c1cc(S(=O)(=O)Cl)c(C)cc1C. The normalized spacial score (nSPS) is 11.5. The van der Waals surface area contributed by atoms with Crippen molar-refractivity contribution in [3.8, 4) is 0 Å². The van der Waals surface area contributed by atoms with E-state index in [9.17, 15) is 13.2 Å². The lowest BCUT2D eigenvalue weighted by atomic mass is 10.0. The van der Waals surface area contributed by atoms with Gasteiger partial charge in [-0.1, -0.05) is 6.07 Å². The third kappa shape index (κ3) is 2.58. The highest BCUT2D eigenvalue weighted by Crippen LogP contribution is 2.23. The molecule has 0 saturated carbocycles. The van der Waals surface area contributed by atoms with Gasteiger partial charge >= 0.3 is 0 Å². The molecule has 1 rings (SSSR count). The third-order valence-corrected chi connectivity index (χ3v) is 3.63. The molecule has 0 saturated heterocycles. The van der Waals surface area contributed by atoms with Crippen molar-refractivity contribution in [2.24, 2.45) is 0 Å². The summed E-state index contributed by atoms with van der Waals surface area (Å²) in [6, 6.07) is 2.97. The summed E-state index contributed by atoms with van der Waals surface area (Å²) in [4.78, 5) is 11.2. The number of hydrogen-bond acceptors (Lipinski definition) is 3. The number of aryl methyl sites for hydroxylation is 2. The highest BCUT2D eigenvalue weighted by atomic mass is 35.7. The van der Waals surface area contributed by atoms with Gasteiger partial charge in [0.05, 0.1) is 4.90 Å². The average molecular weight is 247 g/mol. The van der Waals surface area contributed by atoms with Crippen LogP contribution in [-0.4, -0.2) is 14.2 Å². The molecule has 0 spiro atoms. The van der Waals surface area contributed by atoms with E-state index in [1.54, 1.807) is 19.9 Å². The van der Waals surface area contributed by atoms with Crippen molar-refractivity contribution < 1.29 is 13.2 Å². The fourth-order valence-corrected chi connectivity index (χ4v) is 2.68. The van der Waals surface area contributed by atoms with Gasteiger partial charge in [-0.25, -0.2) is 8.42 Å². The fourth-order valence-electron chi connectivity index (χ4n) is 1.47. The van der Waals surface area contributed by atoms with Crippen molar-refractivity contribution in [2.45, 2.75) is 25.7 Å². The Bertz CT molecular complexity index is 518. The highest BCUT2D eigenvalue weighted by molar-refractivity contribution is 8.13. The molecule has 0 bridgehead atoms. The predicted molar refractivity (Wildman–Crippen MR) is 59.0 cm³/mol. The molecule has 0 aliphatic heterocycles. The van der Waals surface area contributed by atoms with Crippen LogP contribution in [0.2, 0.25) is 0 Å². The minimum atomic E-state index is -3.79. The van der Waals surface area contributed by atoms with Crippen molar-refractivity contribution in [2.75, 3.05) is 0 Å². The second kappa shape index (κ2) is 3.94. The molecule has 0 aromatic heterocycles. The van der Waals surface area contributed by atoms with Crippen molar-refractivity contribution in [1.82, 2.24) is 0 Å². The zero-order valence-electron chi connectivity index (χ0n) is 8.67. The minimum absolute atomic E-state index is 0.0000309. The molecule has 82 valence electrons. The van der Waals surface area contributed by atoms with Crippen LogP contribution in [0.25, 0.3) is 0 Å². The van der Waals surface area contributed by atoms with Gasteiger partial charge in [0.15, 0.2) is 5.78 Å². The molecule has 0 amide bonds. The van der Waals surface area contributed by atoms with E-state index in [1.165, 1.54) is 13.0 Å². The van der Waals surface area contributed by atoms with Crippen LogP contribution in [0, 0.1) is 13.8 Å². The Hall–Kier alpha value is -0.870. The number of carbonyl (C=O) groups excluding carboxylic acids is 1. The molecular weight excluding hydrogens is 236 g/mol. The summed E-state index contributed by atoms with van der Waals surface area (Å²) in [5, 5.41) is 0. The van der Waals surface area contributed by atoms with Crippen LogP contribution in [0.15, 0.2) is 17.0 Å². The smallest absolute Gasteiger partial charge is 0.261 e. The van der Waals surface area contributed by atoms with E-state index in [0.29, 0.717) is 11.1 Å². The van der Waals surface area contributed by atoms with E-state index in [2.05, 4.69) is 0 Å². The van der Waals surface area contributed by atoms with E-state index < -0.39 is 9.05 Å². The number of benzene rings is 1. The molecule has 1 aromatic rings. The average Bonchev–Trinajstić information content (AvgIpc) is 2.00. The monoisotopic (exact) mass is 246 g/mol. The zero-order chi connectivity index (χ0) is 11.8. The molecule has 5 heteroatoms. The fraction of sp³-hybridized carbons (Fsp3) is 0.300. The maximum absolute atomic E-state index is 11.2. The molecule has 0 atom stereocenters. The van der Waals surface area contributed by atoms with Gasteiger partial charge in [0.2, 0.25) is 0 Å². The van der Waals surface area contributed by atoms with Gasteiger partial charge in [-0.15, -0.1) is 0 Å². The van der Waals surface area contributed by atoms with Crippen LogP contribution in [0.3, 0.4) is 0 Å². The first-order chi connectivity index (χ1) is 6.73. The topological polar surface area (TPSA) is 51.2 Å². The van der Waals surface area contributed by atoms with E-state index >= 15 is 0 Å². The Morgan fingerprint density at radius 3 is 2.13 bits per heavy atom. The maximum atomic E-state index is 11.2. The first-order valence-electron chi connectivity index (χ1n) is 4.30. The lowest BCUT2D eigenvalue weighted by molar-refractivity contribution is 0.101. The number of halogens is 1. The number of carbonyl (C=O) groups is 1. The van der Waals surface area contributed by atoms with Gasteiger partial charge in [0.25, 0.3) is 9.05 Å². The quantitative estimate of drug-likeness (QED) is 0.595. The predicted octanol–water partition coefficient (Wildman–Crippen LogP) is 2.43. The van der Waals surface area contributed by atoms with Gasteiger partial charge in [0.1, 0.15) is 0 Å². The molecule has 0 radical (unpaired) electrons. The first-order valence-corrected chi connectivity index (χ1v) is 6.61. The molecular formula is C10H11ClO3S. The van der Waals surface area contributed by atoms with Crippen molar-refractivity contribution in [3.63, 3.8) is 0 Å². The van der Waals surface area contributed by atoms with Crippen molar-refractivity contribution in [1.29, 1.82) is 0 Å². The van der Waals surface area contributed by atoms with Gasteiger partial charge in [-0.3, -0.25) is 4.79 Å². The lowest BCUT2D eigenvalue weighted by Crippen LogP contribution is -2.02. The standard InChI is InChI=1S/C10H11ClO3S/c1-6-4-7(2)10(15(11,13)14)5-9(6)8(3)12/h4-5H,1-3H3. The Morgan fingerprint density at radius 1 is 1.20 bits per heavy atom. The number of ketones is 1. The molecule has 0 fully saturated rings. The molecule has 1 aromatic carbocycles. The summed E-state index contributed by atoms with van der Waals surface area (Å²) >= 11 is 0. The molecule has 0 aliphatic carbocycles. The Morgan fingerprint density at radius 2 is 1.73 bits per heavy atom. The summed E-state index contributed by atoms with van der Waals surface area (Å²) in [6.45, 7) is 4.79. The maximum Gasteiger partial charge on any atom is 0.261 e. The minimum Gasteiger partial charge on any atom is -0.295 e. The molecule has 0 unspecified atom stereocenters. The summed E-state index contributed by atoms with van der Waals surface area (Å²) < 4.78 is 22.4. The van der Waals surface area contributed by atoms with Crippen LogP contribution < -0.4 is 0 Å². The van der Waals surface area contributed by atoms with E-state index in [4.69, 9.17) is 10.7 Å². The third-order valence-electron chi connectivity index (χ3n) is 2.16. The van der Waals surface area contributed by atoms with Crippen LogP contribution >= 0.6 is 10.7 Å². The van der Waals surface area contributed by atoms with E-state index in [1.807, 2.05) is 0 Å².